The molecule has 1 nitrogen and oxygen atoms in total. The highest BCUT2D eigenvalue weighted by Gasteiger charge is 2.26. The summed E-state index contributed by atoms with van der Waals surface area (Å²) in [4.78, 5) is 1.59. The fourth-order valence-corrected chi connectivity index (χ4v) is 3.48. The van der Waals surface area contributed by atoms with E-state index >= 15 is 0 Å². The lowest BCUT2D eigenvalue weighted by Crippen LogP contribution is -2.37. The van der Waals surface area contributed by atoms with Gasteiger partial charge in [-0.05, 0) is 37.3 Å². The second kappa shape index (κ2) is 5.66. The second-order valence-corrected chi connectivity index (χ2v) is 5.45. The van der Waals surface area contributed by atoms with Crippen LogP contribution in [0.1, 0.15) is 49.8 Å². The molecule has 1 fully saturated rings. The highest BCUT2D eigenvalue weighted by Crippen LogP contribution is 2.35. The van der Waals surface area contributed by atoms with E-state index in [2.05, 4.69) is 29.8 Å². The van der Waals surface area contributed by atoms with Gasteiger partial charge in [0.1, 0.15) is 0 Å². The topological polar surface area (TPSA) is 12.0 Å². The highest BCUT2D eigenvalue weighted by molar-refractivity contribution is 7.10. The molecule has 0 amide bonds. The maximum absolute atomic E-state index is 3.72. The van der Waals surface area contributed by atoms with Crippen LogP contribution in [0.2, 0.25) is 0 Å². The van der Waals surface area contributed by atoms with E-state index < -0.39 is 0 Å². The molecule has 0 aromatic carbocycles. The molecule has 2 heteroatoms. The molecule has 0 saturated heterocycles. The predicted octanol–water partition coefficient (Wildman–Crippen LogP) is 3.77. The Labute approximate surface area is 96.9 Å². The number of hydrogen-bond acceptors (Lipinski definition) is 2. The first-order chi connectivity index (χ1) is 7.42. The van der Waals surface area contributed by atoms with Crippen molar-refractivity contribution in [2.75, 3.05) is 6.54 Å². The molecule has 1 aliphatic rings. The van der Waals surface area contributed by atoms with E-state index in [-0.39, 0.29) is 0 Å². The number of hydrogen-bond donors (Lipinski definition) is 1. The summed E-state index contributed by atoms with van der Waals surface area (Å²) in [6.07, 6.45) is 6.80. The van der Waals surface area contributed by atoms with Gasteiger partial charge in [0.05, 0.1) is 0 Å². The Morgan fingerprint density at radius 3 is 3.00 bits per heavy atom. The fraction of sp³-hybridized carbons (Fsp3) is 0.692. The van der Waals surface area contributed by atoms with Gasteiger partial charge in [-0.2, -0.15) is 0 Å². The van der Waals surface area contributed by atoms with Crippen molar-refractivity contribution in [1.29, 1.82) is 0 Å². The summed E-state index contributed by atoms with van der Waals surface area (Å²) in [5, 5.41) is 5.93. The van der Waals surface area contributed by atoms with Crippen LogP contribution in [0.5, 0.6) is 0 Å². The molecule has 1 saturated carbocycles. The fourth-order valence-electron chi connectivity index (χ4n) is 2.55. The summed E-state index contributed by atoms with van der Waals surface area (Å²) in [7, 11) is 0. The van der Waals surface area contributed by atoms with Gasteiger partial charge in [-0.3, -0.25) is 0 Å². The minimum absolute atomic E-state index is 0.734. The van der Waals surface area contributed by atoms with E-state index in [0.717, 1.165) is 12.0 Å². The highest BCUT2D eigenvalue weighted by atomic mass is 32.1. The first-order valence-electron chi connectivity index (χ1n) is 6.18. The van der Waals surface area contributed by atoms with E-state index in [1.807, 2.05) is 11.3 Å². The van der Waals surface area contributed by atoms with Crippen LogP contribution in [0.3, 0.4) is 0 Å². The van der Waals surface area contributed by atoms with Crippen molar-refractivity contribution < 1.29 is 0 Å². The summed E-state index contributed by atoms with van der Waals surface area (Å²) < 4.78 is 0. The van der Waals surface area contributed by atoms with Crippen LogP contribution in [0.15, 0.2) is 17.5 Å². The van der Waals surface area contributed by atoms with E-state index in [1.165, 1.54) is 38.6 Å². The van der Waals surface area contributed by atoms with E-state index in [1.54, 1.807) is 4.88 Å². The van der Waals surface area contributed by atoms with Crippen LogP contribution >= 0.6 is 11.3 Å². The molecule has 2 unspecified atom stereocenters. The third-order valence-electron chi connectivity index (χ3n) is 3.33. The molecule has 0 aliphatic heterocycles. The van der Waals surface area contributed by atoms with Gasteiger partial charge >= 0.3 is 0 Å². The van der Waals surface area contributed by atoms with E-state index in [9.17, 15) is 0 Å². The summed E-state index contributed by atoms with van der Waals surface area (Å²) >= 11 is 1.93. The minimum Gasteiger partial charge on any atom is -0.313 e. The predicted molar refractivity (Wildman–Crippen MR) is 67.6 cm³/mol. The van der Waals surface area contributed by atoms with Crippen LogP contribution in [-0.4, -0.2) is 12.6 Å². The molecule has 1 heterocycles. The molecule has 1 aliphatic carbocycles. The molecule has 0 bridgehead atoms. The largest absolute Gasteiger partial charge is 0.313 e. The van der Waals surface area contributed by atoms with Gasteiger partial charge in [-0.25, -0.2) is 0 Å². The molecule has 0 radical (unpaired) electrons. The average molecular weight is 223 g/mol. The first kappa shape index (κ1) is 11.2. The summed E-state index contributed by atoms with van der Waals surface area (Å²) in [5.41, 5.74) is 0. The van der Waals surface area contributed by atoms with Crippen molar-refractivity contribution in [2.24, 2.45) is 0 Å². The Hall–Kier alpha value is -0.340. The quantitative estimate of drug-likeness (QED) is 0.819. The van der Waals surface area contributed by atoms with Gasteiger partial charge in [0.2, 0.25) is 0 Å². The Kier molecular flexibility index (Phi) is 4.21. The van der Waals surface area contributed by atoms with Crippen LogP contribution in [0.4, 0.5) is 0 Å². The van der Waals surface area contributed by atoms with Gasteiger partial charge in [0, 0.05) is 16.8 Å². The third-order valence-corrected chi connectivity index (χ3v) is 4.34. The van der Waals surface area contributed by atoms with Crippen molar-refractivity contribution >= 4 is 11.3 Å². The van der Waals surface area contributed by atoms with Crippen molar-refractivity contribution in [3.05, 3.63) is 22.4 Å². The van der Waals surface area contributed by atoms with Gasteiger partial charge < -0.3 is 5.32 Å². The van der Waals surface area contributed by atoms with E-state index in [4.69, 9.17) is 0 Å². The molecule has 0 spiro atoms. The molecule has 1 aromatic heterocycles. The molecule has 1 aromatic rings. The maximum atomic E-state index is 3.72. The minimum atomic E-state index is 0.734. The van der Waals surface area contributed by atoms with Crippen LogP contribution in [-0.2, 0) is 0 Å². The molecule has 1 N–H and O–H groups in total. The first-order valence-corrected chi connectivity index (χ1v) is 7.06. The Morgan fingerprint density at radius 1 is 1.40 bits per heavy atom. The van der Waals surface area contributed by atoms with Crippen molar-refractivity contribution in [3.8, 4) is 0 Å². The molecule has 2 rings (SSSR count). The zero-order chi connectivity index (χ0) is 10.5. The molecular formula is C13H21NS. The summed E-state index contributed by atoms with van der Waals surface area (Å²) in [6.45, 7) is 3.42. The summed E-state index contributed by atoms with van der Waals surface area (Å²) in [6, 6.07) is 5.23. The summed E-state index contributed by atoms with van der Waals surface area (Å²) in [5.74, 6) is 0.783. The normalized spacial score (nSPS) is 26.7. The van der Waals surface area contributed by atoms with Gasteiger partial charge in [0.25, 0.3) is 0 Å². The lowest BCUT2D eigenvalue weighted by atomic mass is 9.83. The SMILES string of the molecule is CCCNC1CCCCC1c1cccs1. The number of rotatable bonds is 4. The van der Waals surface area contributed by atoms with Crippen LogP contribution < -0.4 is 5.32 Å². The van der Waals surface area contributed by atoms with Gasteiger partial charge in [-0.1, -0.05) is 25.8 Å². The lowest BCUT2D eigenvalue weighted by Gasteiger charge is -2.31. The Bertz CT molecular complexity index is 268. The van der Waals surface area contributed by atoms with Crippen molar-refractivity contribution in [3.63, 3.8) is 0 Å². The average Bonchev–Trinajstić information content (AvgIpc) is 2.80. The molecule has 15 heavy (non-hydrogen) atoms. The van der Waals surface area contributed by atoms with Crippen molar-refractivity contribution in [2.45, 2.75) is 51.0 Å². The number of nitrogens with one attached hydrogen (secondary N) is 1. The zero-order valence-electron chi connectivity index (χ0n) is 9.54. The Balaban J connectivity index is 1.99. The standard InChI is InChI=1S/C13H21NS/c1-2-9-14-12-7-4-3-6-11(12)13-8-5-10-15-13/h5,8,10-12,14H,2-4,6-7,9H2,1H3. The number of thiophene rings is 1. The molecular weight excluding hydrogens is 202 g/mol. The Morgan fingerprint density at radius 2 is 2.27 bits per heavy atom. The van der Waals surface area contributed by atoms with Gasteiger partial charge in [-0.15, -0.1) is 11.3 Å². The van der Waals surface area contributed by atoms with Gasteiger partial charge in [0.15, 0.2) is 0 Å². The smallest absolute Gasteiger partial charge is 0.0144 e. The zero-order valence-corrected chi connectivity index (χ0v) is 10.4. The van der Waals surface area contributed by atoms with Crippen LogP contribution in [0, 0.1) is 0 Å². The third kappa shape index (κ3) is 2.82. The molecule has 2 atom stereocenters. The maximum Gasteiger partial charge on any atom is 0.0144 e. The van der Waals surface area contributed by atoms with Crippen molar-refractivity contribution in [1.82, 2.24) is 5.32 Å². The van der Waals surface area contributed by atoms with E-state index in [0.29, 0.717) is 0 Å². The molecule has 84 valence electrons. The van der Waals surface area contributed by atoms with Crippen LogP contribution in [0.25, 0.3) is 0 Å². The lowest BCUT2D eigenvalue weighted by molar-refractivity contribution is 0.331. The second-order valence-electron chi connectivity index (χ2n) is 4.47. The monoisotopic (exact) mass is 223 g/mol.